The summed E-state index contributed by atoms with van der Waals surface area (Å²) in [6.45, 7) is 2.49. The van der Waals surface area contributed by atoms with Crippen molar-refractivity contribution >= 4 is 17.7 Å². The van der Waals surface area contributed by atoms with Crippen LogP contribution in [-0.2, 0) is 4.79 Å². The number of carbonyl (C=O) groups is 1. The number of unbranched alkanes of at least 4 members (excludes halogenated alkanes) is 2. The monoisotopic (exact) mass is 294 g/mol. The second-order valence-corrected chi connectivity index (χ2v) is 4.35. The van der Waals surface area contributed by atoms with Gasteiger partial charge in [-0.1, -0.05) is 25.8 Å². The highest BCUT2D eigenvalue weighted by atomic mass is 16.6. The van der Waals surface area contributed by atoms with E-state index in [9.17, 15) is 14.9 Å². The van der Waals surface area contributed by atoms with E-state index in [1.54, 1.807) is 6.07 Å². The van der Waals surface area contributed by atoms with Crippen LogP contribution >= 0.6 is 0 Å². The summed E-state index contributed by atoms with van der Waals surface area (Å²) < 4.78 is 5.42. The Labute approximate surface area is 122 Å². The van der Waals surface area contributed by atoms with Crippen molar-refractivity contribution in [2.24, 2.45) is 0 Å². The van der Waals surface area contributed by atoms with Crippen LogP contribution in [0.2, 0.25) is 0 Å². The van der Waals surface area contributed by atoms with Gasteiger partial charge in [-0.2, -0.15) is 0 Å². The number of nitrogens with zero attached hydrogens (tertiary/aromatic N) is 1. The van der Waals surface area contributed by atoms with Crippen LogP contribution < -0.4 is 10.2 Å². The second-order valence-electron chi connectivity index (χ2n) is 4.35. The molecule has 0 radical (unpaired) electrons. The Balaban J connectivity index is 2.84. The Morgan fingerprint density at radius 3 is 2.86 bits per heavy atom. The van der Waals surface area contributed by atoms with Gasteiger partial charge in [-0.05, 0) is 24.1 Å². The Hall–Kier alpha value is -2.41. The normalized spacial score (nSPS) is 10.6. The smallest absolute Gasteiger partial charge is 0.311 e. The molecule has 0 aromatic heterocycles. The molecule has 2 N–H and O–H groups in total. The fourth-order valence-corrected chi connectivity index (χ4v) is 1.65. The lowest BCUT2D eigenvalue weighted by Crippen LogP contribution is -2.14. The molecule has 0 heterocycles. The number of hydrogen-bond acceptors (Lipinski definition) is 5. The van der Waals surface area contributed by atoms with E-state index in [2.05, 4.69) is 6.92 Å². The molecule has 21 heavy (non-hydrogen) atoms. The number of ether oxygens (including phenoxy) is 1. The molecule has 0 bridgehead atoms. The molecule has 7 nitrogen and oxygen atoms in total. The van der Waals surface area contributed by atoms with E-state index < -0.39 is 10.8 Å². The van der Waals surface area contributed by atoms with Crippen molar-refractivity contribution in [3.8, 4) is 5.75 Å². The van der Waals surface area contributed by atoms with Crippen molar-refractivity contribution in [3.63, 3.8) is 0 Å². The SMILES string of the molecule is CCCCCOc1ccc(C=CC(=O)NO)cc1[N+](=O)[O-]. The van der Waals surface area contributed by atoms with Gasteiger partial charge in [-0.25, -0.2) is 5.48 Å². The third kappa shape index (κ3) is 5.62. The highest BCUT2D eigenvalue weighted by molar-refractivity contribution is 5.90. The maximum atomic E-state index is 11.0. The van der Waals surface area contributed by atoms with Crippen LogP contribution in [0.25, 0.3) is 6.08 Å². The maximum Gasteiger partial charge on any atom is 0.311 e. The summed E-state index contributed by atoms with van der Waals surface area (Å²) in [7, 11) is 0. The van der Waals surface area contributed by atoms with Gasteiger partial charge in [0, 0.05) is 12.1 Å². The van der Waals surface area contributed by atoms with E-state index in [0.29, 0.717) is 12.2 Å². The molecular formula is C14H18N2O5. The Morgan fingerprint density at radius 2 is 2.24 bits per heavy atom. The molecule has 1 aromatic rings. The summed E-state index contributed by atoms with van der Waals surface area (Å²) >= 11 is 0. The average molecular weight is 294 g/mol. The van der Waals surface area contributed by atoms with Gasteiger partial charge in [0.15, 0.2) is 5.75 Å². The van der Waals surface area contributed by atoms with Crippen molar-refractivity contribution in [1.29, 1.82) is 0 Å². The molecular weight excluding hydrogens is 276 g/mol. The molecule has 1 aromatic carbocycles. The highest BCUT2D eigenvalue weighted by Gasteiger charge is 2.15. The van der Waals surface area contributed by atoms with E-state index in [1.807, 2.05) is 0 Å². The number of carbonyl (C=O) groups excluding carboxylic acids is 1. The topological polar surface area (TPSA) is 102 Å². The first-order valence-corrected chi connectivity index (χ1v) is 6.62. The number of hydroxylamine groups is 1. The van der Waals surface area contributed by atoms with E-state index in [1.165, 1.54) is 23.7 Å². The molecule has 0 aliphatic carbocycles. The molecule has 0 spiro atoms. The number of hydrogen-bond donors (Lipinski definition) is 2. The van der Waals surface area contributed by atoms with Crippen molar-refractivity contribution < 1.29 is 19.7 Å². The van der Waals surface area contributed by atoms with Crippen LogP contribution in [0.4, 0.5) is 5.69 Å². The largest absolute Gasteiger partial charge is 0.487 e. The number of nitrogens with one attached hydrogen (secondary N) is 1. The maximum absolute atomic E-state index is 11.0. The fraction of sp³-hybridized carbons (Fsp3) is 0.357. The predicted molar refractivity (Wildman–Crippen MR) is 77.1 cm³/mol. The van der Waals surface area contributed by atoms with Gasteiger partial charge in [0.05, 0.1) is 11.5 Å². The summed E-state index contributed by atoms with van der Waals surface area (Å²) in [6.07, 6.45) is 5.32. The zero-order valence-electron chi connectivity index (χ0n) is 11.7. The zero-order valence-corrected chi connectivity index (χ0v) is 11.7. The predicted octanol–water partition coefficient (Wildman–Crippen LogP) is 2.68. The minimum Gasteiger partial charge on any atom is -0.487 e. The third-order valence-corrected chi connectivity index (χ3v) is 2.72. The minimum atomic E-state index is -0.711. The zero-order chi connectivity index (χ0) is 15.7. The van der Waals surface area contributed by atoms with Gasteiger partial charge in [0.25, 0.3) is 5.91 Å². The number of amides is 1. The molecule has 114 valence electrons. The van der Waals surface area contributed by atoms with E-state index in [-0.39, 0.29) is 11.4 Å². The van der Waals surface area contributed by atoms with Crippen molar-refractivity contribution in [3.05, 3.63) is 40.0 Å². The fourth-order valence-electron chi connectivity index (χ4n) is 1.65. The van der Waals surface area contributed by atoms with Crippen LogP contribution in [0.1, 0.15) is 31.7 Å². The quantitative estimate of drug-likeness (QED) is 0.252. The number of rotatable bonds is 8. The second kappa shape index (κ2) is 8.70. The standard InChI is InChI=1S/C14H18N2O5/c1-2-3-4-9-21-13-7-5-11(6-8-14(17)15-18)10-12(13)16(19)20/h5-8,10,18H,2-4,9H2,1H3,(H,15,17). The molecule has 1 rings (SSSR count). The van der Waals surface area contributed by atoms with Crippen molar-refractivity contribution in [2.75, 3.05) is 6.61 Å². The molecule has 0 fully saturated rings. The Morgan fingerprint density at radius 1 is 1.48 bits per heavy atom. The first-order valence-electron chi connectivity index (χ1n) is 6.62. The van der Waals surface area contributed by atoms with Gasteiger partial charge in [0.1, 0.15) is 0 Å². The molecule has 1 amide bonds. The first kappa shape index (κ1) is 16.6. The van der Waals surface area contributed by atoms with E-state index in [4.69, 9.17) is 9.94 Å². The summed E-state index contributed by atoms with van der Waals surface area (Å²) in [6, 6.07) is 4.42. The van der Waals surface area contributed by atoms with Crippen LogP contribution in [0, 0.1) is 10.1 Å². The van der Waals surface area contributed by atoms with Gasteiger partial charge in [-0.3, -0.25) is 20.1 Å². The molecule has 0 aliphatic heterocycles. The number of nitro benzene ring substituents is 1. The molecule has 0 saturated heterocycles. The molecule has 0 aliphatic rings. The van der Waals surface area contributed by atoms with Gasteiger partial charge in [0.2, 0.25) is 0 Å². The minimum absolute atomic E-state index is 0.155. The van der Waals surface area contributed by atoms with Gasteiger partial charge < -0.3 is 4.74 Å². The number of benzene rings is 1. The summed E-state index contributed by atoms with van der Waals surface area (Å²) in [5.41, 5.74) is 1.75. The molecule has 0 saturated carbocycles. The first-order chi connectivity index (χ1) is 10.1. The average Bonchev–Trinajstić information content (AvgIpc) is 2.49. The third-order valence-electron chi connectivity index (χ3n) is 2.72. The molecule has 7 heteroatoms. The van der Waals surface area contributed by atoms with Gasteiger partial charge in [-0.15, -0.1) is 0 Å². The lowest BCUT2D eigenvalue weighted by atomic mass is 10.1. The van der Waals surface area contributed by atoms with Crippen molar-refractivity contribution in [1.82, 2.24) is 5.48 Å². The van der Waals surface area contributed by atoms with Crippen molar-refractivity contribution in [2.45, 2.75) is 26.2 Å². The summed E-state index contributed by atoms with van der Waals surface area (Å²) in [5, 5.41) is 19.4. The number of nitro groups is 1. The molecule has 0 atom stereocenters. The van der Waals surface area contributed by atoms with Gasteiger partial charge >= 0.3 is 5.69 Å². The van der Waals surface area contributed by atoms with Crippen LogP contribution in [0.15, 0.2) is 24.3 Å². The summed E-state index contributed by atoms with van der Waals surface area (Å²) in [5.74, 6) is -0.502. The highest BCUT2D eigenvalue weighted by Crippen LogP contribution is 2.28. The lowest BCUT2D eigenvalue weighted by molar-refractivity contribution is -0.385. The van der Waals surface area contributed by atoms with E-state index >= 15 is 0 Å². The van der Waals surface area contributed by atoms with Crippen LogP contribution in [0.3, 0.4) is 0 Å². The molecule has 0 unspecified atom stereocenters. The lowest BCUT2D eigenvalue weighted by Gasteiger charge is -2.07. The van der Waals surface area contributed by atoms with E-state index in [0.717, 1.165) is 25.3 Å². The Bertz CT molecular complexity index is 528. The van der Waals surface area contributed by atoms with Crippen LogP contribution in [0.5, 0.6) is 5.75 Å². The Kier molecular flexibility index (Phi) is 6.90. The summed E-state index contributed by atoms with van der Waals surface area (Å²) in [4.78, 5) is 21.4. The van der Waals surface area contributed by atoms with Crippen LogP contribution in [-0.4, -0.2) is 22.6 Å².